The third kappa shape index (κ3) is 4.26. The third-order valence-electron chi connectivity index (χ3n) is 3.54. The lowest BCUT2D eigenvalue weighted by atomic mass is 10.0. The van der Waals surface area contributed by atoms with E-state index in [2.05, 4.69) is 9.82 Å². The molecule has 0 spiro atoms. The molecule has 0 radical (unpaired) electrons. The van der Waals surface area contributed by atoms with Crippen LogP contribution in [0.25, 0.3) is 0 Å². The van der Waals surface area contributed by atoms with Crippen LogP contribution in [0, 0.1) is 0 Å². The van der Waals surface area contributed by atoms with E-state index < -0.39 is 16.1 Å². The van der Waals surface area contributed by atoms with Crippen LogP contribution in [0.2, 0.25) is 0 Å². The molecule has 118 valence electrons. The van der Waals surface area contributed by atoms with Crippen molar-refractivity contribution in [2.24, 2.45) is 12.8 Å². The minimum absolute atomic E-state index is 0.112. The second-order valence-electron chi connectivity index (χ2n) is 5.41. The van der Waals surface area contributed by atoms with Crippen LogP contribution in [-0.4, -0.2) is 54.4 Å². The van der Waals surface area contributed by atoms with E-state index in [-0.39, 0.29) is 11.9 Å². The van der Waals surface area contributed by atoms with Crippen LogP contribution in [0.15, 0.2) is 12.4 Å². The summed E-state index contributed by atoms with van der Waals surface area (Å²) in [5.41, 5.74) is 6.64. The fraction of sp³-hybridized carbons (Fsp3) is 0.667. The van der Waals surface area contributed by atoms with Crippen molar-refractivity contribution < 1.29 is 13.2 Å². The number of aryl methyl sites for hydroxylation is 1. The summed E-state index contributed by atoms with van der Waals surface area (Å²) in [6, 6.07) is -0.836. The van der Waals surface area contributed by atoms with E-state index in [9.17, 15) is 13.2 Å². The Balaban J connectivity index is 1.91. The monoisotopic (exact) mass is 315 g/mol. The smallest absolute Gasteiger partial charge is 0.244 e. The Kier molecular flexibility index (Phi) is 4.64. The third-order valence-corrected chi connectivity index (χ3v) is 4.30. The maximum Gasteiger partial charge on any atom is 0.244 e. The highest BCUT2D eigenvalue weighted by Gasteiger charge is 2.28. The van der Waals surface area contributed by atoms with Crippen LogP contribution >= 0.6 is 0 Å². The summed E-state index contributed by atoms with van der Waals surface area (Å²) in [5.74, 6) is -0.152. The highest BCUT2D eigenvalue weighted by atomic mass is 32.2. The van der Waals surface area contributed by atoms with Gasteiger partial charge in [0.05, 0.1) is 12.5 Å². The van der Waals surface area contributed by atoms with Crippen molar-refractivity contribution in [1.29, 1.82) is 0 Å². The minimum Gasteiger partial charge on any atom is -0.341 e. The average molecular weight is 315 g/mol. The van der Waals surface area contributed by atoms with E-state index in [0.29, 0.717) is 31.5 Å². The Hall–Kier alpha value is -1.45. The lowest BCUT2D eigenvalue weighted by molar-refractivity contribution is -0.133. The Morgan fingerprint density at radius 3 is 2.57 bits per heavy atom. The van der Waals surface area contributed by atoms with Gasteiger partial charge in [-0.3, -0.25) is 9.48 Å². The van der Waals surface area contributed by atoms with Gasteiger partial charge in [0, 0.05) is 37.9 Å². The predicted octanol–water partition coefficient (Wildman–Crippen LogP) is -1.04. The number of rotatable bonds is 4. The topological polar surface area (TPSA) is 110 Å². The molecule has 0 aliphatic carbocycles. The number of hydrogen-bond donors (Lipinski definition) is 2. The van der Waals surface area contributed by atoms with Gasteiger partial charge in [0.15, 0.2) is 0 Å². The first-order valence-corrected chi connectivity index (χ1v) is 8.65. The standard InChI is InChI=1S/C12H21N5O3S/c1-16-8-9(7-14-16)11(13)12(18)17-5-3-10(4-6-17)15-21(2,19)20/h7-8,10-11,15H,3-6,13H2,1-2H3. The first-order chi connectivity index (χ1) is 9.76. The molecule has 21 heavy (non-hydrogen) atoms. The van der Waals surface area contributed by atoms with Gasteiger partial charge in [-0.1, -0.05) is 0 Å². The van der Waals surface area contributed by atoms with Gasteiger partial charge in [-0.15, -0.1) is 0 Å². The molecule has 9 heteroatoms. The molecule has 1 fully saturated rings. The molecule has 1 saturated heterocycles. The molecule has 1 unspecified atom stereocenters. The van der Waals surface area contributed by atoms with Crippen molar-refractivity contribution in [3.05, 3.63) is 18.0 Å². The zero-order valence-electron chi connectivity index (χ0n) is 12.2. The highest BCUT2D eigenvalue weighted by molar-refractivity contribution is 7.88. The fourth-order valence-corrected chi connectivity index (χ4v) is 3.30. The van der Waals surface area contributed by atoms with Crippen LogP contribution in [0.3, 0.4) is 0 Å². The van der Waals surface area contributed by atoms with Crippen molar-refractivity contribution in [2.45, 2.75) is 24.9 Å². The van der Waals surface area contributed by atoms with Crippen molar-refractivity contribution in [3.63, 3.8) is 0 Å². The second kappa shape index (κ2) is 6.12. The van der Waals surface area contributed by atoms with Crippen LogP contribution < -0.4 is 10.5 Å². The van der Waals surface area contributed by atoms with Crippen LogP contribution in [-0.2, 0) is 21.9 Å². The number of aromatic nitrogens is 2. The molecule has 1 aromatic rings. The first kappa shape index (κ1) is 15.9. The van der Waals surface area contributed by atoms with Gasteiger partial charge in [0.2, 0.25) is 15.9 Å². The average Bonchev–Trinajstić information content (AvgIpc) is 2.83. The Bertz CT molecular complexity index is 604. The molecule has 1 aromatic heterocycles. The number of amides is 1. The van der Waals surface area contributed by atoms with Gasteiger partial charge < -0.3 is 10.6 Å². The summed E-state index contributed by atoms with van der Waals surface area (Å²) >= 11 is 0. The fourth-order valence-electron chi connectivity index (χ4n) is 2.46. The Labute approximate surface area is 124 Å². The summed E-state index contributed by atoms with van der Waals surface area (Å²) in [7, 11) is -1.44. The largest absolute Gasteiger partial charge is 0.341 e. The second-order valence-corrected chi connectivity index (χ2v) is 7.19. The molecule has 2 rings (SSSR count). The van der Waals surface area contributed by atoms with E-state index in [0.717, 1.165) is 6.26 Å². The van der Waals surface area contributed by atoms with E-state index in [1.54, 1.807) is 29.0 Å². The number of likely N-dealkylation sites (tertiary alicyclic amines) is 1. The summed E-state index contributed by atoms with van der Waals surface area (Å²) in [5, 5.41) is 4.01. The van der Waals surface area contributed by atoms with Crippen molar-refractivity contribution in [2.75, 3.05) is 19.3 Å². The van der Waals surface area contributed by atoms with E-state index >= 15 is 0 Å². The lowest BCUT2D eigenvalue weighted by Crippen LogP contribution is -2.48. The Morgan fingerprint density at radius 1 is 1.48 bits per heavy atom. The molecule has 0 aromatic carbocycles. The number of piperidine rings is 1. The molecule has 0 saturated carbocycles. The van der Waals surface area contributed by atoms with Crippen LogP contribution in [0.4, 0.5) is 0 Å². The molecular weight excluding hydrogens is 294 g/mol. The summed E-state index contributed by atoms with van der Waals surface area (Å²) < 4.78 is 26.6. The van der Waals surface area contributed by atoms with E-state index in [1.807, 2.05) is 0 Å². The predicted molar refractivity (Wildman–Crippen MR) is 77.7 cm³/mol. The maximum atomic E-state index is 12.3. The maximum absolute atomic E-state index is 12.3. The normalized spacial score (nSPS) is 18.7. The Morgan fingerprint density at radius 2 is 2.10 bits per heavy atom. The van der Waals surface area contributed by atoms with Gasteiger partial charge in [0.1, 0.15) is 6.04 Å². The number of carbonyl (C=O) groups is 1. The van der Waals surface area contributed by atoms with Gasteiger partial charge in [0.25, 0.3) is 0 Å². The zero-order valence-corrected chi connectivity index (χ0v) is 13.0. The number of nitrogens with two attached hydrogens (primary N) is 1. The summed E-state index contributed by atoms with van der Waals surface area (Å²) in [6.07, 6.45) is 5.64. The molecule has 0 bridgehead atoms. The van der Waals surface area contributed by atoms with Gasteiger partial charge in [-0.05, 0) is 12.8 Å². The van der Waals surface area contributed by atoms with Crippen LogP contribution in [0.5, 0.6) is 0 Å². The molecule has 1 aliphatic rings. The number of carbonyl (C=O) groups excluding carboxylic acids is 1. The van der Waals surface area contributed by atoms with Gasteiger partial charge >= 0.3 is 0 Å². The van der Waals surface area contributed by atoms with Crippen LogP contribution in [0.1, 0.15) is 24.4 Å². The molecule has 1 amide bonds. The van der Waals surface area contributed by atoms with Gasteiger partial charge in [-0.25, -0.2) is 13.1 Å². The molecule has 2 heterocycles. The summed E-state index contributed by atoms with van der Waals surface area (Å²) in [4.78, 5) is 14.0. The number of nitrogens with one attached hydrogen (secondary N) is 1. The molecule has 8 nitrogen and oxygen atoms in total. The van der Waals surface area contributed by atoms with E-state index in [1.165, 1.54) is 0 Å². The minimum atomic E-state index is -3.21. The number of nitrogens with zero attached hydrogens (tertiary/aromatic N) is 3. The van der Waals surface area contributed by atoms with Crippen molar-refractivity contribution in [3.8, 4) is 0 Å². The highest BCUT2D eigenvalue weighted by Crippen LogP contribution is 2.17. The van der Waals surface area contributed by atoms with E-state index in [4.69, 9.17) is 5.73 Å². The van der Waals surface area contributed by atoms with Crippen molar-refractivity contribution in [1.82, 2.24) is 19.4 Å². The molecule has 1 atom stereocenters. The van der Waals surface area contributed by atoms with Crippen molar-refractivity contribution >= 4 is 15.9 Å². The zero-order chi connectivity index (χ0) is 15.6. The molecular formula is C12H21N5O3S. The molecule has 3 N–H and O–H groups in total. The number of sulfonamides is 1. The first-order valence-electron chi connectivity index (χ1n) is 6.76. The SMILES string of the molecule is Cn1cc(C(N)C(=O)N2CCC(NS(C)(=O)=O)CC2)cn1. The quantitative estimate of drug-likeness (QED) is 0.737. The van der Waals surface area contributed by atoms with Gasteiger partial charge in [-0.2, -0.15) is 5.10 Å². The molecule has 1 aliphatic heterocycles. The summed E-state index contributed by atoms with van der Waals surface area (Å²) in [6.45, 7) is 1.000. The lowest BCUT2D eigenvalue weighted by Gasteiger charge is -2.33. The number of hydrogen-bond acceptors (Lipinski definition) is 5.